The van der Waals surface area contributed by atoms with E-state index in [0.717, 1.165) is 19.1 Å². The fraction of sp³-hybridized carbons (Fsp3) is 0.889. The Morgan fingerprint density at radius 1 is 1.56 bits per heavy atom. The SMILES string of the molecule is CC(OS(C)(=O)=O)C(=O)OC[C@@H]1CCCO1. The van der Waals surface area contributed by atoms with Crippen LogP contribution in [0.3, 0.4) is 0 Å². The molecule has 0 N–H and O–H groups in total. The Morgan fingerprint density at radius 2 is 2.25 bits per heavy atom. The normalized spacial score (nSPS) is 23.0. The maximum absolute atomic E-state index is 11.3. The largest absolute Gasteiger partial charge is 0.461 e. The van der Waals surface area contributed by atoms with Crippen molar-refractivity contribution in [3.8, 4) is 0 Å². The highest BCUT2D eigenvalue weighted by atomic mass is 32.2. The molecule has 0 bridgehead atoms. The van der Waals surface area contributed by atoms with Gasteiger partial charge < -0.3 is 9.47 Å². The van der Waals surface area contributed by atoms with E-state index in [4.69, 9.17) is 9.47 Å². The van der Waals surface area contributed by atoms with Gasteiger partial charge in [0.25, 0.3) is 10.1 Å². The lowest BCUT2D eigenvalue weighted by Crippen LogP contribution is -2.28. The summed E-state index contributed by atoms with van der Waals surface area (Å²) in [6.07, 6.45) is 1.51. The quantitative estimate of drug-likeness (QED) is 0.509. The number of hydrogen-bond donors (Lipinski definition) is 0. The maximum atomic E-state index is 11.3. The zero-order chi connectivity index (χ0) is 12.2. The minimum absolute atomic E-state index is 0.0746. The highest BCUT2D eigenvalue weighted by Crippen LogP contribution is 2.12. The van der Waals surface area contributed by atoms with Gasteiger partial charge in [0.2, 0.25) is 0 Å². The second-order valence-electron chi connectivity index (χ2n) is 3.71. The third kappa shape index (κ3) is 4.91. The van der Waals surface area contributed by atoms with Crippen molar-refractivity contribution in [2.24, 2.45) is 0 Å². The first-order valence-electron chi connectivity index (χ1n) is 5.05. The predicted molar refractivity (Wildman–Crippen MR) is 55.3 cm³/mol. The van der Waals surface area contributed by atoms with E-state index < -0.39 is 22.2 Å². The van der Waals surface area contributed by atoms with Crippen molar-refractivity contribution in [1.82, 2.24) is 0 Å². The van der Waals surface area contributed by atoms with Crippen LogP contribution in [0.5, 0.6) is 0 Å². The molecule has 2 atom stereocenters. The molecule has 0 amide bonds. The van der Waals surface area contributed by atoms with Gasteiger partial charge in [-0.1, -0.05) is 0 Å². The van der Waals surface area contributed by atoms with Gasteiger partial charge in [0.05, 0.1) is 12.4 Å². The molecule has 0 aromatic heterocycles. The lowest BCUT2D eigenvalue weighted by atomic mass is 10.2. The molecule has 0 spiro atoms. The molecule has 1 saturated heterocycles. The Hall–Kier alpha value is -0.660. The van der Waals surface area contributed by atoms with Crippen LogP contribution >= 0.6 is 0 Å². The number of rotatable bonds is 5. The molecule has 7 heteroatoms. The molecule has 1 heterocycles. The van der Waals surface area contributed by atoms with Crippen molar-refractivity contribution in [2.75, 3.05) is 19.5 Å². The fourth-order valence-corrected chi connectivity index (χ4v) is 1.97. The number of hydrogen-bond acceptors (Lipinski definition) is 6. The topological polar surface area (TPSA) is 78.9 Å². The third-order valence-corrected chi connectivity index (χ3v) is 2.72. The van der Waals surface area contributed by atoms with Gasteiger partial charge in [-0.05, 0) is 19.8 Å². The first kappa shape index (κ1) is 13.4. The summed E-state index contributed by atoms with van der Waals surface area (Å²) in [6.45, 7) is 2.16. The molecule has 0 saturated carbocycles. The molecule has 0 aromatic rings. The van der Waals surface area contributed by atoms with Crippen LogP contribution in [0.2, 0.25) is 0 Å². The fourth-order valence-electron chi connectivity index (χ4n) is 1.37. The van der Waals surface area contributed by atoms with Gasteiger partial charge in [-0.2, -0.15) is 8.42 Å². The van der Waals surface area contributed by atoms with Gasteiger partial charge in [0.15, 0.2) is 6.10 Å². The Morgan fingerprint density at radius 3 is 2.75 bits per heavy atom. The smallest absolute Gasteiger partial charge is 0.336 e. The molecule has 1 aliphatic heterocycles. The van der Waals surface area contributed by atoms with E-state index in [9.17, 15) is 13.2 Å². The monoisotopic (exact) mass is 252 g/mol. The van der Waals surface area contributed by atoms with Gasteiger partial charge in [0.1, 0.15) is 6.61 Å². The highest BCUT2D eigenvalue weighted by Gasteiger charge is 2.23. The highest BCUT2D eigenvalue weighted by molar-refractivity contribution is 7.86. The van der Waals surface area contributed by atoms with Crippen molar-refractivity contribution in [3.05, 3.63) is 0 Å². The molecular weight excluding hydrogens is 236 g/mol. The lowest BCUT2D eigenvalue weighted by Gasteiger charge is -2.13. The van der Waals surface area contributed by atoms with E-state index in [1.165, 1.54) is 6.92 Å². The molecular formula is C9H16O6S. The zero-order valence-electron chi connectivity index (χ0n) is 9.34. The maximum Gasteiger partial charge on any atom is 0.336 e. The molecule has 1 aliphatic rings. The minimum Gasteiger partial charge on any atom is -0.461 e. The van der Waals surface area contributed by atoms with E-state index in [-0.39, 0.29) is 12.7 Å². The minimum atomic E-state index is -3.64. The summed E-state index contributed by atoms with van der Waals surface area (Å²) in [5, 5.41) is 0. The summed E-state index contributed by atoms with van der Waals surface area (Å²) in [7, 11) is -3.64. The van der Waals surface area contributed by atoms with Crippen LogP contribution in [-0.4, -0.2) is 46.1 Å². The van der Waals surface area contributed by atoms with Crippen LogP contribution in [-0.2, 0) is 28.6 Å². The van der Waals surface area contributed by atoms with Gasteiger partial charge in [-0.25, -0.2) is 4.79 Å². The van der Waals surface area contributed by atoms with E-state index in [0.29, 0.717) is 6.61 Å². The Labute approximate surface area is 95.0 Å². The lowest BCUT2D eigenvalue weighted by molar-refractivity contribution is -0.154. The summed E-state index contributed by atoms with van der Waals surface area (Å²) in [5.74, 6) is -0.694. The molecule has 0 radical (unpaired) electrons. The molecule has 1 rings (SSSR count). The van der Waals surface area contributed by atoms with Crippen molar-refractivity contribution in [2.45, 2.75) is 32.0 Å². The second kappa shape index (κ2) is 5.60. The average Bonchev–Trinajstić information content (AvgIpc) is 2.63. The van der Waals surface area contributed by atoms with Crippen molar-refractivity contribution in [3.63, 3.8) is 0 Å². The first-order chi connectivity index (χ1) is 7.38. The zero-order valence-corrected chi connectivity index (χ0v) is 10.2. The summed E-state index contributed by atoms with van der Waals surface area (Å²) in [4.78, 5) is 11.3. The van der Waals surface area contributed by atoms with E-state index in [1.807, 2.05) is 0 Å². The molecule has 16 heavy (non-hydrogen) atoms. The van der Waals surface area contributed by atoms with Gasteiger partial charge >= 0.3 is 5.97 Å². The van der Waals surface area contributed by atoms with Crippen molar-refractivity contribution in [1.29, 1.82) is 0 Å². The number of carbonyl (C=O) groups is 1. The van der Waals surface area contributed by atoms with Gasteiger partial charge in [-0.15, -0.1) is 0 Å². The molecule has 6 nitrogen and oxygen atoms in total. The predicted octanol–water partition coefficient (Wildman–Crippen LogP) is 0.0733. The van der Waals surface area contributed by atoms with Gasteiger partial charge in [-0.3, -0.25) is 4.18 Å². The number of carbonyl (C=O) groups excluding carboxylic acids is 1. The molecule has 0 aromatic carbocycles. The molecule has 1 unspecified atom stereocenters. The average molecular weight is 252 g/mol. The molecule has 1 fully saturated rings. The van der Waals surface area contributed by atoms with Crippen molar-refractivity contribution >= 4 is 16.1 Å². The number of esters is 1. The van der Waals surface area contributed by atoms with Crippen LogP contribution in [0, 0.1) is 0 Å². The standard InChI is InChI=1S/C9H16O6S/c1-7(15-16(2,11)12)9(10)14-6-8-4-3-5-13-8/h7-8H,3-6H2,1-2H3/t7?,8-/m0/s1. The van der Waals surface area contributed by atoms with E-state index >= 15 is 0 Å². The third-order valence-electron chi connectivity index (χ3n) is 2.09. The van der Waals surface area contributed by atoms with Crippen LogP contribution in [0.25, 0.3) is 0 Å². The summed E-state index contributed by atoms with van der Waals surface area (Å²) in [6, 6.07) is 0. The first-order valence-corrected chi connectivity index (χ1v) is 6.86. The van der Waals surface area contributed by atoms with Crippen molar-refractivity contribution < 1.29 is 26.9 Å². The summed E-state index contributed by atoms with van der Waals surface area (Å²) >= 11 is 0. The second-order valence-corrected chi connectivity index (χ2v) is 5.31. The molecule has 94 valence electrons. The van der Waals surface area contributed by atoms with Gasteiger partial charge in [0, 0.05) is 6.61 Å². The Kier molecular flexibility index (Phi) is 4.69. The van der Waals surface area contributed by atoms with Crippen LogP contribution in [0.4, 0.5) is 0 Å². The molecule has 0 aliphatic carbocycles. The Balaban J connectivity index is 2.28. The van der Waals surface area contributed by atoms with Crippen LogP contribution in [0.1, 0.15) is 19.8 Å². The van der Waals surface area contributed by atoms with E-state index in [2.05, 4.69) is 4.18 Å². The number of ether oxygens (including phenoxy) is 2. The summed E-state index contributed by atoms with van der Waals surface area (Å²) in [5.41, 5.74) is 0. The Bertz CT molecular complexity index is 330. The van der Waals surface area contributed by atoms with E-state index in [1.54, 1.807) is 0 Å². The van der Waals surface area contributed by atoms with Crippen LogP contribution in [0.15, 0.2) is 0 Å². The summed E-state index contributed by atoms with van der Waals surface area (Å²) < 4.78 is 36.1. The van der Waals surface area contributed by atoms with Crippen LogP contribution < -0.4 is 0 Å².